The third kappa shape index (κ3) is 3.80. The van der Waals surface area contributed by atoms with Crippen molar-refractivity contribution < 1.29 is 4.10 Å². The van der Waals surface area contributed by atoms with Crippen molar-refractivity contribution in [2.75, 3.05) is 0 Å². The van der Waals surface area contributed by atoms with Gasteiger partial charge in [-0.2, -0.15) is 0 Å². The summed E-state index contributed by atoms with van der Waals surface area (Å²) in [7, 11) is 7.51. The van der Waals surface area contributed by atoms with Crippen molar-refractivity contribution in [1.29, 1.82) is 0 Å². The van der Waals surface area contributed by atoms with Gasteiger partial charge in [-0.05, 0) is 0 Å². The van der Waals surface area contributed by atoms with Crippen LogP contribution in [-0.2, 0) is 0 Å². The van der Waals surface area contributed by atoms with Crippen molar-refractivity contribution in [1.82, 2.24) is 0 Å². The maximum atomic E-state index is 10.6. The Hall–Kier alpha value is 1.09. The molecule has 0 radical (unpaired) electrons. The summed E-state index contributed by atoms with van der Waals surface area (Å²) in [6.07, 6.45) is 13.1. The Morgan fingerprint density at radius 3 is 1.94 bits per heavy atom. The van der Waals surface area contributed by atoms with E-state index < -0.39 is 11.1 Å². The molecule has 2 aliphatic carbocycles. The topological polar surface area (TPSA) is 20.2 Å². The van der Waals surface area contributed by atoms with Gasteiger partial charge in [0.25, 0.3) is 0 Å². The van der Waals surface area contributed by atoms with Crippen molar-refractivity contribution >= 4 is 31.5 Å². The van der Waals surface area contributed by atoms with E-state index in [1.807, 2.05) is 10.0 Å². The summed E-state index contributed by atoms with van der Waals surface area (Å²) in [6, 6.07) is 0. The van der Waals surface area contributed by atoms with E-state index in [-0.39, 0.29) is 0 Å². The molecule has 0 amide bonds. The van der Waals surface area contributed by atoms with E-state index in [9.17, 15) is 4.10 Å². The summed E-state index contributed by atoms with van der Waals surface area (Å²) in [5.41, 5.74) is 0. The van der Waals surface area contributed by atoms with Crippen LogP contribution in [0.3, 0.4) is 0 Å². The van der Waals surface area contributed by atoms with E-state index in [2.05, 4.69) is 0 Å². The zero-order chi connectivity index (χ0) is 11.4. The van der Waals surface area contributed by atoms with E-state index in [1.165, 1.54) is 64.2 Å². The second kappa shape index (κ2) is 6.31. The molecule has 16 heavy (non-hydrogen) atoms. The van der Waals surface area contributed by atoms with Gasteiger partial charge in [-0.3, -0.25) is 0 Å². The van der Waals surface area contributed by atoms with Gasteiger partial charge in [-0.15, -0.1) is 0 Å². The van der Waals surface area contributed by atoms with Crippen LogP contribution in [0.4, 0.5) is 0 Å². The molecule has 94 valence electrons. The first-order chi connectivity index (χ1) is 7.68. The number of hydrogen-bond donors (Lipinski definition) is 1. The fourth-order valence-corrected chi connectivity index (χ4v) is 15.3. The van der Waals surface area contributed by atoms with Gasteiger partial charge >= 0.3 is 110 Å². The second-order valence-electron chi connectivity index (χ2n) is 5.22. The molecular weight excluding hydrogens is 299 g/mol. The molecule has 1 N–H and O–H groups in total. The predicted molar refractivity (Wildman–Crippen MR) is 76.9 cm³/mol. The Labute approximate surface area is 109 Å². The molecule has 1 atom stereocenters. The molecule has 1 nitrogen and oxygen atoms in total. The Morgan fingerprint density at radius 2 is 1.38 bits per heavy atom. The summed E-state index contributed by atoms with van der Waals surface area (Å²) in [5.74, 6) is 0. The van der Waals surface area contributed by atoms with Crippen LogP contribution in [0, 0.1) is 0 Å². The molecule has 0 heterocycles. The normalized spacial score (nSPS) is 28.8. The quantitative estimate of drug-likeness (QED) is 0.772. The molecular formula is C12H23AsOS2. The van der Waals surface area contributed by atoms with Crippen molar-refractivity contribution in [3.05, 3.63) is 0 Å². The molecule has 0 aromatic carbocycles. The molecule has 1 unspecified atom stereocenters. The molecule has 0 aliphatic heterocycles. The average molecular weight is 322 g/mol. The fraction of sp³-hybridized carbons (Fsp3) is 1.00. The van der Waals surface area contributed by atoms with Crippen molar-refractivity contribution in [2.24, 2.45) is 0 Å². The van der Waals surface area contributed by atoms with Gasteiger partial charge in [0.15, 0.2) is 0 Å². The van der Waals surface area contributed by atoms with Crippen molar-refractivity contribution in [2.45, 2.75) is 74.2 Å². The Balaban J connectivity index is 1.87. The van der Waals surface area contributed by atoms with Crippen LogP contribution < -0.4 is 0 Å². The standard InChI is InChI=1S/C12H23AsOS2/c14-13(15,11-7-3-1-4-8-11)16-12-9-5-2-6-10-12/h11-12H,1-10H2,(H,14,15). The first-order valence-electron chi connectivity index (χ1n) is 6.69. The van der Waals surface area contributed by atoms with Gasteiger partial charge in [0.1, 0.15) is 0 Å². The van der Waals surface area contributed by atoms with Crippen LogP contribution in [0.2, 0.25) is 4.71 Å². The summed E-state index contributed by atoms with van der Waals surface area (Å²) < 4.78 is 11.2. The van der Waals surface area contributed by atoms with E-state index in [1.54, 1.807) is 0 Å². The molecule has 2 saturated carbocycles. The predicted octanol–water partition coefficient (Wildman–Crippen LogP) is 4.52. The van der Waals surface area contributed by atoms with Gasteiger partial charge in [0, 0.05) is 0 Å². The number of hydrogen-bond acceptors (Lipinski definition) is 2. The zero-order valence-electron chi connectivity index (χ0n) is 9.94. The average Bonchev–Trinajstić information content (AvgIpc) is 2.31. The third-order valence-corrected chi connectivity index (χ3v) is 16.2. The first kappa shape index (κ1) is 13.5. The molecule has 4 heteroatoms. The van der Waals surface area contributed by atoms with Crippen LogP contribution >= 0.6 is 20.4 Å². The molecule has 2 fully saturated rings. The second-order valence-corrected chi connectivity index (χ2v) is 18.3. The number of rotatable bonds is 3. The van der Waals surface area contributed by atoms with Crippen LogP contribution in [0.15, 0.2) is 0 Å². The van der Waals surface area contributed by atoms with Crippen LogP contribution in [-0.4, -0.2) is 20.4 Å². The summed E-state index contributed by atoms with van der Waals surface area (Å²) in [6.45, 7) is 0. The molecule has 0 bridgehead atoms. The minimum atomic E-state index is -2.75. The van der Waals surface area contributed by atoms with Gasteiger partial charge in [-0.1, -0.05) is 0 Å². The molecule has 2 aliphatic rings. The van der Waals surface area contributed by atoms with Gasteiger partial charge < -0.3 is 0 Å². The summed E-state index contributed by atoms with van der Waals surface area (Å²) in [5, 5.41) is 0.700. The van der Waals surface area contributed by atoms with E-state index >= 15 is 0 Å². The molecule has 0 aromatic heterocycles. The van der Waals surface area contributed by atoms with Crippen LogP contribution in [0.25, 0.3) is 0 Å². The summed E-state index contributed by atoms with van der Waals surface area (Å²) >= 11 is -2.75. The van der Waals surface area contributed by atoms with Crippen molar-refractivity contribution in [3.63, 3.8) is 0 Å². The SMILES string of the molecule is O[As](=S)(SC1CCCCC1)C1CCCCC1. The molecule has 0 spiro atoms. The fourth-order valence-electron chi connectivity index (χ4n) is 2.88. The Bertz CT molecular complexity index is 258. The maximum absolute atomic E-state index is 10.6. The Kier molecular flexibility index (Phi) is 5.33. The van der Waals surface area contributed by atoms with Gasteiger partial charge in [-0.25, -0.2) is 0 Å². The minimum absolute atomic E-state index is 0.536. The van der Waals surface area contributed by atoms with Crippen LogP contribution in [0.5, 0.6) is 0 Å². The first-order valence-corrected chi connectivity index (χ1v) is 14.4. The zero-order valence-corrected chi connectivity index (χ0v) is 13.4. The van der Waals surface area contributed by atoms with E-state index in [4.69, 9.17) is 10.4 Å². The van der Waals surface area contributed by atoms with Crippen LogP contribution in [0.1, 0.15) is 64.2 Å². The Morgan fingerprint density at radius 1 is 0.875 bits per heavy atom. The molecule has 0 saturated heterocycles. The van der Waals surface area contributed by atoms with E-state index in [0.717, 1.165) is 0 Å². The van der Waals surface area contributed by atoms with Crippen molar-refractivity contribution in [3.8, 4) is 0 Å². The molecule has 0 aromatic rings. The third-order valence-electron chi connectivity index (χ3n) is 3.89. The molecule has 2 rings (SSSR count). The van der Waals surface area contributed by atoms with Gasteiger partial charge in [0.2, 0.25) is 0 Å². The van der Waals surface area contributed by atoms with E-state index in [0.29, 0.717) is 9.96 Å². The summed E-state index contributed by atoms with van der Waals surface area (Å²) in [4.78, 5) is 0. The monoisotopic (exact) mass is 322 g/mol. The van der Waals surface area contributed by atoms with Gasteiger partial charge in [0.05, 0.1) is 0 Å².